The molecular formula is C16H24O2. The van der Waals surface area contributed by atoms with Crippen molar-refractivity contribution >= 4 is 0 Å². The number of hydrogen-bond acceptors (Lipinski definition) is 2. The van der Waals surface area contributed by atoms with Crippen molar-refractivity contribution < 1.29 is 9.84 Å². The molecule has 100 valence electrons. The van der Waals surface area contributed by atoms with E-state index in [1.807, 2.05) is 0 Å². The zero-order valence-electron chi connectivity index (χ0n) is 11.9. The molecule has 0 amide bonds. The molecule has 1 fully saturated rings. The molecule has 1 aromatic rings. The fourth-order valence-corrected chi connectivity index (χ4v) is 2.97. The average Bonchev–Trinajstić information content (AvgIpc) is 2.28. The molecule has 0 spiro atoms. The zero-order valence-corrected chi connectivity index (χ0v) is 11.9. The smallest absolute Gasteiger partial charge is 0.0757 e. The fraction of sp³-hybridized carbons (Fsp3) is 0.625. The summed E-state index contributed by atoms with van der Waals surface area (Å²) >= 11 is 0. The van der Waals surface area contributed by atoms with Gasteiger partial charge in [0.25, 0.3) is 0 Å². The van der Waals surface area contributed by atoms with Gasteiger partial charge in [0.2, 0.25) is 0 Å². The van der Waals surface area contributed by atoms with Gasteiger partial charge in [-0.3, -0.25) is 0 Å². The molecule has 0 radical (unpaired) electrons. The van der Waals surface area contributed by atoms with Crippen LogP contribution in [0.5, 0.6) is 0 Å². The Kier molecular flexibility index (Phi) is 3.79. The van der Waals surface area contributed by atoms with Gasteiger partial charge in [0.15, 0.2) is 0 Å². The highest BCUT2D eigenvalue weighted by atomic mass is 16.5. The van der Waals surface area contributed by atoms with Gasteiger partial charge in [0.1, 0.15) is 0 Å². The summed E-state index contributed by atoms with van der Waals surface area (Å²) in [7, 11) is 0. The summed E-state index contributed by atoms with van der Waals surface area (Å²) in [5.41, 5.74) is 4.57. The first kappa shape index (κ1) is 13.6. The maximum absolute atomic E-state index is 10.8. The second kappa shape index (κ2) is 5.02. The van der Waals surface area contributed by atoms with E-state index < -0.39 is 5.60 Å². The third kappa shape index (κ3) is 2.60. The molecule has 0 aromatic heterocycles. The van der Waals surface area contributed by atoms with E-state index in [9.17, 15) is 5.11 Å². The van der Waals surface area contributed by atoms with Gasteiger partial charge in [-0.15, -0.1) is 0 Å². The van der Waals surface area contributed by atoms with Gasteiger partial charge in [0.05, 0.1) is 12.2 Å². The van der Waals surface area contributed by atoms with Crippen LogP contribution in [0.3, 0.4) is 0 Å². The highest BCUT2D eigenvalue weighted by molar-refractivity contribution is 5.38. The summed E-state index contributed by atoms with van der Waals surface area (Å²) in [6, 6.07) is 4.41. The minimum absolute atomic E-state index is 0.200. The van der Waals surface area contributed by atoms with Crippen LogP contribution < -0.4 is 0 Å². The lowest BCUT2D eigenvalue weighted by molar-refractivity contribution is -0.105. The van der Waals surface area contributed by atoms with Crippen LogP contribution in [0.25, 0.3) is 0 Å². The Morgan fingerprint density at radius 2 is 1.89 bits per heavy atom. The Morgan fingerprint density at radius 1 is 1.28 bits per heavy atom. The maximum Gasteiger partial charge on any atom is 0.0757 e. The van der Waals surface area contributed by atoms with Gasteiger partial charge < -0.3 is 9.84 Å². The first-order valence-corrected chi connectivity index (χ1v) is 6.79. The highest BCUT2D eigenvalue weighted by Crippen LogP contribution is 2.32. The van der Waals surface area contributed by atoms with Crippen molar-refractivity contribution in [2.75, 3.05) is 13.2 Å². The van der Waals surface area contributed by atoms with Crippen LogP contribution in [0.2, 0.25) is 0 Å². The topological polar surface area (TPSA) is 29.5 Å². The van der Waals surface area contributed by atoms with Crippen LogP contribution in [0.4, 0.5) is 0 Å². The Bertz CT molecular complexity index is 416. The van der Waals surface area contributed by atoms with E-state index in [0.29, 0.717) is 13.2 Å². The molecule has 2 heteroatoms. The van der Waals surface area contributed by atoms with Gasteiger partial charge in [-0.25, -0.2) is 0 Å². The van der Waals surface area contributed by atoms with Crippen molar-refractivity contribution in [1.82, 2.24) is 0 Å². The van der Waals surface area contributed by atoms with Gasteiger partial charge in [-0.1, -0.05) is 24.6 Å². The molecule has 1 N–H and O–H groups in total. The van der Waals surface area contributed by atoms with E-state index in [0.717, 1.165) is 12.8 Å². The lowest BCUT2D eigenvalue weighted by Gasteiger charge is -2.38. The maximum atomic E-state index is 10.8. The molecule has 0 aliphatic carbocycles. The van der Waals surface area contributed by atoms with Crippen LogP contribution >= 0.6 is 0 Å². The molecule has 18 heavy (non-hydrogen) atoms. The SMILES string of the molecule is Cc1cc(C)c(CC2(O)CCOCC2C)c(C)c1. The molecule has 0 saturated carbocycles. The average molecular weight is 248 g/mol. The summed E-state index contributed by atoms with van der Waals surface area (Å²) in [5, 5.41) is 10.8. The van der Waals surface area contributed by atoms with Gasteiger partial charge in [0, 0.05) is 25.4 Å². The van der Waals surface area contributed by atoms with Crippen molar-refractivity contribution in [1.29, 1.82) is 0 Å². The molecule has 2 unspecified atom stereocenters. The number of hydrogen-bond donors (Lipinski definition) is 1. The first-order chi connectivity index (χ1) is 8.42. The van der Waals surface area contributed by atoms with E-state index in [1.165, 1.54) is 22.3 Å². The van der Waals surface area contributed by atoms with E-state index in [1.54, 1.807) is 0 Å². The van der Waals surface area contributed by atoms with E-state index >= 15 is 0 Å². The van der Waals surface area contributed by atoms with Gasteiger partial charge >= 0.3 is 0 Å². The van der Waals surface area contributed by atoms with Gasteiger partial charge in [-0.2, -0.15) is 0 Å². The van der Waals surface area contributed by atoms with Crippen LogP contribution in [-0.4, -0.2) is 23.9 Å². The monoisotopic (exact) mass is 248 g/mol. The third-order valence-corrected chi connectivity index (χ3v) is 4.29. The predicted octanol–water partition coefficient (Wildman–Crippen LogP) is 2.94. The zero-order chi connectivity index (χ0) is 13.3. The largest absolute Gasteiger partial charge is 0.389 e. The summed E-state index contributed by atoms with van der Waals surface area (Å²) in [6.45, 7) is 9.82. The molecule has 2 atom stereocenters. The standard InChI is InChI=1S/C16H24O2/c1-11-7-12(2)15(13(3)8-11)9-16(17)5-6-18-10-14(16)4/h7-8,14,17H,5-6,9-10H2,1-4H3. The van der Waals surface area contributed by atoms with Gasteiger partial charge in [-0.05, 0) is 37.5 Å². The molecule has 1 saturated heterocycles. The number of aliphatic hydroxyl groups is 1. The molecule has 2 nitrogen and oxygen atoms in total. The second-order valence-electron chi connectivity index (χ2n) is 5.88. The van der Waals surface area contributed by atoms with E-state index in [2.05, 4.69) is 39.8 Å². The number of benzene rings is 1. The van der Waals surface area contributed by atoms with Crippen molar-refractivity contribution in [3.8, 4) is 0 Å². The van der Waals surface area contributed by atoms with Crippen LogP contribution in [0, 0.1) is 26.7 Å². The summed E-state index contributed by atoms with van der Waals surface area (Å²) in [6.07, 6.45) is 1.48. The second-order valence-corrected chi connectivity index (χ2v) is 5.88. The molecular weight excluding hydrogens is 224 g/mol. The minimum Gasteiger partial charge on any atom is -0.389 e. The van der Waals surface area contributed by atoms with Crippen molar-refractivity contribution in [3.63, 3.8) is 0 Å². The Hall–Kier alpha value is -0.860. The number of aryl methyl sites for hydroxylation is 3. The summed E-state index contributed by atoms with van der Waals surface area (Å²) < 4.78 is 5.43. The van der Waals surface area contributed by atoms with Crippen LogP contribution in [0.15, 0.2) is 12.1 Å². The summed E-state index contributed by atoms with van der Waals surface area (Å²) in [5.74, 6) is 0.200. The Balaban J connectivity index is 2.28. The quantitative estimate of drug-likeness (QED) is 0.872. The molecule has 1 aromatic carbocycles. The fourth-order valence-electron chi connectivity index (χ4n) is 2.97. The lowest BCUT2D eigenvalue weighted by Crippen LogP contribution is -2.45. The lowest BCUT2D eigenvalue weighted by atomic mass is 9.78. The number of ether oxygens (including phenoxy) is 1. The normalized spacial score (nSPS) is 28.4. The number of rotatable bonds is 2. The Morgan fingerprint density at radius 3 is 2.44 bits per heavy atom. The van der Waals surface area contributed by atoms with Crippen molar-refractivity contribution in [2.24, 2.45) is 5.92 Å². The third-order valence-electron chi connectivity index (χ3n) is 4.29. The van der Waals surface area contributed by atoms with E-state index in [-0.39, 0.29) is 5.92 Å². The minimum atomic E-state index is -0.608. The predicted molar refractivity (Wildman–Crippen MR) is 73.9 cm³/mol. The van der Waals surface area contributed by atoms with E-state index in [4.69, 9.17) is 4.74 Å². The molecule has 1 aliphatic heterocycles. The molecule has 0 bridgehead atoms. The molecule has 2 rings (SSSR count). The first-order valence-electron chi connectivity index (χ1n) is 6.79. The van der Waals surface area contributed by atoms with Crippen molar-refractivity contribution in [2.45, 2.75) is 46.1 Å². The molecule has 1 aliphatic rings. The van der Waals surface area contributed by atoms with Crippen LogP contribution in [0.1, 0.15) is 35.6 Å². The molecule has 1 heterocycles. The summed E-state index contributed by atoms with van der Waals surface area (Å²) in [4.78, 5) is 0. The highest BCUT2D eigenvalue weighted by Gasteiger charge is 2.37. The van der Waals surface area contributed by atoms with Crippen LogP contribution in [-0.2, 0) is 11.2 Å². The van der Waals surface area contributed by atoms with Crippen molar-refractivity contribution in [3.05, 3.63) is 34.4 Å². The Labute approximate surface area is 110 Å².